The number of aromatic nitrogens is 1. The fraction of sp³-hybridized carbons (Fsp3) is 0.400. The van der Waals surface area contributed by atoms with E-state index in [1.807, 2.05) is 70.7 Å². The summed E-state index contributed by atoms with van der Waals surface area (Å²) in [5.74, 6) is 1.02. The van der Waals surface area contributed by atoms with Crippen LogP contribution >= 0.6 is 0 Å². The van der Waals surface area contributed by atoms with Crippen molar-refractivity contribution < 1.29 is 22.5 Å². The van der Waals surface area contributed by atoms with Gasteiger partial charge < -0.3 is 26.1 Å². The quantitative estimate of drug-likeness (QED) is 0.185. The van der Waals surface area contributed by atoms with Gasteiger partial charge in [0.25, 0.3) is 0 Å². The average molecular weight is 557 g/mol. The van der Waals surface area contributed by atoms with Gasteiger partial charge in [-0.05, 0) is 50.7 Å². The van der Waals surface area contributed by atoms with Crippen molar-refractivity contribution in [2.24, 2.45) is 5.92 Å². The van der Waals surface area contributed by atoms with Crippen molar-refractivity contribution in [3.63, 3.8) is 0 Å². The topological polar surface area (TPSA) is 55.8 Å². The molecule has 0 N–H and O–H groups in total. The second-order valence-corrected chi connectivity index (χ2v) is 10.9. The first-order valence-corrected chi connectivity index (χ1v) is 13.2. The SMILES string of the molecule is [CH2-]C(C1=CC2=CCC(C)C=C(c3cccc([N+](C)(C)C[N-]CC(F)(F)F)c3)N2C=C1)N(C)OCc1cc(C)on1. The summed E-state index contributed by atoms with van der Waals surface area (Å²) in [6.07, 6.45) is 7.18. The van der Waals surface area contributed by atoms with Crippen LogP contribution in [0.5, 0.6) is 0 Å². The van der Waals surface area contributed by atoms with Gasteiger partial charge in [-0.15, -0.1) is 0 Å². The molecule has 4 rings (SSSR count). The highest BCUT2D eigenvalue weighted by atomic mass is 19.4. The lowest BCUT2D eigenvalue weighted by Crippen LogP contribution is -2.41. The second kappa shape index (κ2) is 12.1. The number of hydroxylamine groups is 2. The third-order valence-electron chi connectivity index (χ3n) is 6.91. The maximum Gasteiger partial charge on any atom is 0.371 e. The number of aryl methyl sites for hydroxylation is 1. The molecule has 0 spiro atoms. The number of fused-ring (bicyclic) bond motifs is 1. The molecule has 0 saturated heterocycles. The van der Waals surface area contributed by atoms with Crippen molar-refractivity contribution in [1.82, 2.24) is 19.6 Å². The summed E-state index contributed by atoms with van der Waals surface area (Å²) in [4.78, 5) is 8.02. The van der Waals surface area contributed by atoms with E-state index in [2.05, 4.69) is 47.4 Å². The van der Waals surface area contributed by atoms with Crippen molar-refractivity contribution in [2.75, 3.05) is 34.4 Å². The van der Waals surface area contributed by atoms with E-state index >= 15 is 0 Å². The third kappa shape index (κ3) is 7.51. The zero-order valence-electron chi connectivity index (χ0n) is 23.7. The minimum absolute atomic E-state index is 0.0238. The first-order chi connectivity index (χ1) is 18.8. The van der Waals surface area contributed by atoms with Crippen LogP contribution in [0.15, 0.2) is 76.6 Å². The van der Waals surface area contributed by atoms with E-state index in [1.54, 1.807) is 5.06 Å². The molecular weight excluding hydrogens is 519 g/mol. The summed E-state index contributed by atoms with van der Waals surface area (Å²) in [6.45, 7) is 7.47. The number of hydrogen-bond donors (Lipinski definition) is 0. The number of quaternary nitrogens is 1. The minimum Gasteiger partial charge on any atom is -0.605 e. The Kier molecular flexibility index (Phi) is 9.04. The molecule has 0 aliphatic carbocycles. The van der Waals surface area contributed by atoms with Crippen LogP contribution in [0.4, 0.5) is 18.9 Å². The van der Waals surface area contributed by atoms with Gasteiger partial charge in [-0.2, -0.15) is 13.2 Å². The molecule has 0 radical (unpaired) electrons. The van der Waals surface area contributed by atoms with Crippen molar-refractivity contribution in [3.05, 3.63) is 101 Å². The Hall–Kier alpha value is -3.18. The van der Waals surface area contributed by atoms with Crippen LogP contribution in [0.2, 0.25) is 0 Å². The molecule has 2 atom stereocenters. The van der Waals surface area contributed by atoms with Crippen molar-refractivity contribution in [1.29, 1.82) is 0 Å². The van der Waals surface area contributed by atoms with Gasteiger partial charge >= 0.3 is 6.18 Å². The van der Waals surface area contributed by atoms with Crippen molar-refractivity contribution >= 4 is 11.4 Å². The first-order valence-electron chi connectivity index (χ1n) is 13.2. The summed E-state index contributed by atoms with van der Waals surface area (Å²) in [7, 11) is 5.56. The third-order valence-corrected chi connectivity index (χ3v) is 6.91. The Balaban J connectivity index is 1.50. The molecule has 7 nitrogen and oxygen atoms in total. The Morgan fingerprint density at radius 3 is 2.77 bits per heavy atom. The molecule has 0 amide bonds. The predicted octanol–water partition coefficient (Wildman–Crippen LogP) is 6.73. The Labute approximate surface area is 234 Å². The lowest BCUT2D eigenvalue weighted by Gasteiger charge is -2.37. The number of rotatable bonds is 10. The first kappa shape index (κ1) is 29.8. The molecule has 3 heterocycles. The summed E-state index contributed by atoms with van der Waals surface area (Å²) < 4.78 is 43.3. The lowest BCUT2D eigenvalue weighted by atomic mass is 10.0. The standard InChI is InChI=1S/C30H37F3N5O2/c1-21-10-11-27-16-24(23(3)36(4)39-18-26-15-22(2)40-35-26)12-13-37(27)29(14-21)25-8-7-9-28(17-25)38(5,6)20-34-19-30(31,32)33/h7-9,11-17,21,23H,3,10,18-20H2,1-2,4-6H3/q-1. The predicted molar refractivity (Wildman–Crippen MR) is 151 cm³/mol. The van der Waals surface area contributed by atoms with E-state index in [0.29, 0.717) is 11.6 Å². The molecule has 0 saturated carbocycles. The largest absolute Gasteiger partial charge is 0.605 e. The average Bonchev–Trinajstić information content (AvgIpc) is 3.24. The van der Waals surface area contributed by atoms with Crippen LogP contribution in [-0.4, -0.2) is 61.7 Å². The molecule has 2 aromatic rings. The second-order valence-electron chi connectivity index (χ2n) is 10.9. The zero-order valence-corrected chi connectivity index (χ0v) is 23.7. The van der Waals surface area contributed by atoms with E-state index in [4.69, 9.17) is 9.36 Å². The van der Waals surface area contributed by atoms with Crippen molar-refractivity contribution in [2.45, 2.75) is 39.1 Å². The van der Waals surface area contributed by atoms with E-state index in [0.717, 1.165) is 40.4 Å². The molecule has 2 aliphatic heterocycles. The number of nitrogens with zero attached hydrogens (tertiary/aromatic N) is 5. The summed E-state index contributed by atoms with van der Waals surface area (Å²) in [5, 5.41) is 9.43. The van der Waals surface area contributed by atoms with Gasteiger partial charge in [0.2, 0.25) is 0 Å². The highest BCUT2D eigenvalue weighted by Crippen LogP contribution is 2.36. The van der Waals surface area contributed by atoms with Gasteiger partial charge in [0, 0.05) is 42.3 Å². The summed E-state index contributed by atoms with van der Waals surface area (Å²) >= 11 is 0. The Bertz CT molecular complexity index is 1310. The maximum atomic E-state index is 12.7. The normalized spacial score (nSPS) is 18.7. The van der Waals surface area contributed by atoms with Crippen LogP contribution in [0.25, 0.3) is 11.0 Å². The molecule has 0 bridgehead atoms. The molecule has 0 fully saturated rings. The number of benzene rings is 1. The molecule has 1 aromatic carbocycles. The lowest BCUT2D eigenvalue weighted by molar-refractivity contribution is -0.162. The molecule has 10 heteroatoms. The fourth-order valence-electron chi connectivity index (χ4n) is 4.58. The van der Waals surface area contributed by atoms with E-state index in [1.165, 1.54) is 0 Å². The molecule has 216 valence electrons. The minimum atomic E-state index is -4.30. The number of likely N-dealkylation sites (N-methyl/N-ethyl adjacent to an activating group) is 1. The summed E-state index contributed by atoms with van der Waals surface area (Å²) in [6, 6.07) is 9.51. The van der Waals surface area contributed by atoms with Crippen LogP contribution in [-0.2, 0) is 11.4 Å². The van der Waals surface area contributed by atoms with Crippen LogP contribution < -0.4 is 4.48 Å². The highest BCUT2D eigenvalue weighted by Gasteiger charge is 2.25. The number of hydrogen-bond acceptors (Lipinski definition) is 5. The molecular formula is C30H37F3N5O2-. The van der Waals surface area contributed by atoms with E-state index < -0.39 is 12.7 Å². The monoisotopic (exact) mass is 556 g/mol. The van der Waals surface area contributed by atoms with Gasteiger partial charge in [0.05, 0.1) is 14.1 Å². The Morgan fingerprint density at radius 2 is 2.08 bits per heavy atom. The van der Waals surface area contributed by atoms with Crippen LogP contribution in [0.3, 0.4) is 0 Å². The Morgan fingerprint density at radius 1 is 1.30 bits per heavy atom. The van der Waals surface area contributed by atoms with E-state index in [-0.39, 0.29) is 23.8 Å². The number of halogens is 3. The van der Waals surface area contributed by atoms with Gasteiger partial charge in [-0.3, -0.25) is 4.84 Å². The molecule has 2 unspecified atom stereocenters. The maximum absolute atomic E-state index is 12.7. The molecule has 2 aliphatic rings. The van der Waals surface area contributed by atoms with Crippen molar-refractivity contribution in [3.8, 4) is 0 Å². The van der Waals surface area contributed by atoms with Gasteiger partial charge in [0.15, 0.2) is 0 Å². The van der Waals surface area contributed by atoms with Gasteiger partial charge in [0.1, 0.15) is 23.7 Å². The van der Waals surface area contributed by atoms with Crippen LogP contribution in [0, 0.1) is 19.8 Å². The number of allylic oxidation sites excluding steroid dienone is 3. The molecule has 1 aromatic heterocycles. The van der Waals surface area contributed by atoms with Gasteiger partial charge in [-0.1, -0.05) is 48.0 Å². The van der Waals surface area contributed by atoms with Crippen LogP contribution in [0.1, 0.15) is 30.4 Å². The van der Waals surface area contributed by atoms with Gasteiger partial charge in [-0.25, -0.2) is 5.06 Å². The molecule has 40 heavy (non-hydrogen) atoms. The van der Waals surface area contributed by atoms with E-state index in [9.17, 15) is 13.2 Å². The summed E-state index contributed by atoms with van der Waals surface area (Å²) in [5.41, 5.74) is 5.61. The zero-order chi connectivity index (χ0) is 29.1. The fourth-order valence-corrected chi connectivity index (χ4v) is 4.58. The number of alkyl halides is 3. The smallest absolute Gasteiger partial charge is 0.371 e. The highest BCUT2D eigenvalue weighted by molar-refractivity contribution is 5.71.